The van der Waals surface area contributed by atoms with Gasteiger partial charge in [0.15, 0.2) is 0 Å². The van der Waals surface area contributed by atoms with Gasteiger partial charge in [-0.05, 0) is 43.3 Å². The van der Waals surface area contributed by atoms with Crippen molar-refractivity contribution >= 4 is 22.5 Å². The molecule has 1 aromatic carbocycles. The molecule has 0 unspecified atom stereocenters. The quantitative estimate of drug-likeness (QED) is 0.708. The van der Waals surface area contributed by atoms with E-state index in [1.165, 1.54) is 0 Å². The van der Waals surface area contributed by atoms with Gasteiger partial charge in [-0.3, -0.25) is 4.98 Å². The first-order chi connectivity index (χ1) is 9.78. The monoisotopic (exact) mass is 250 g/mol. The van der Waals surface area contributed by atoms with Gasteiger partial charge in [0.2, 0.25) is 0 Å². The summed E-state index contributed by atoms with van der Waals surface area (Å²) >= 11 is 0. The highest BCUT2D eigenvalue weighted by Gasteiger charge is 2.08. The van der Waals surface area contributed by atoms with Crippen LogP contribution in [0.4, 0.5) is 11.5 Å². The molecule has 0 aliphatic heterocycles. The second-order valence-corrected chi connectivity index (χ2v) is 4.22. The zero-order chi connectivity index (χ0) is 13.9. The number of aromatic nitrogens is 2. The van der Waals surface area contributed by atoms with Gasteiger partial charge in [0.05, 0.1) is 12.4 Å². The van der Waals surface area contributed by atoms with Crippen molar-refractivity contribution in [1.29, 1.82) is 0 Å². The van der Waals surface area contributed by atoms with Crippen LogP contribution in [0.5, 0.6) is 0 Å². The Morgan fingerprint density at radius 1 is 1.05 bits per heavy atom. The predicted molar refractivity (Wildman–Crippen MR) is 78.7 cm³/mol. The second-order valence-electron chi connectivity index (χ2n) is 4.22. The molecule has 0 amide bonds. The molecule has 2 aromatic heterocycles. The Labute approximate surface area is 114 Å². The molecule has 0 aliphatic rings. The number of fused-ring (bicyclic) bond motifs is 1. The smallest absolute Gasteiger partial charge is 0.133 e. The summed E-state index contributed by atoms with van der Waals surface area (Å²) in [6.45, 7) is 2.93. The molecule has 0 atom stereocenters. The molecule has 94 valence electrons. The average molecular weight is 250 g/mol. The van der Waals surface area contributed by atoms with E-state index < -0.39 is 0 Å². The fourth-order valence-electron chi connectivity index (χ4n) is 2.13. The van der Waals surface area contributed by atoms with E-state index in [-0.39, 0.29) is 0 Å². The molecule has 19 heavy (non-hydrogen) atoms. The molecular weight excluding hydrogens is 234 g/mol. The molecule has 3 nitrogen and oxygen atoms in total. The largest absolute Gasteiger partial charge is 0.327 e. The lowest BCUT2D eigenvalue weighted by Crippen LogP contribution is -2.17. The summed E-state index contributed by atoms with van der Waals surface area (Å²) in [6, 6.07) is 16.2. The van der Waals surface area contributed by atoms with Crippen LogP contribution in [0.2, 0.25) is 0 Å². The standard InChI is InChI=1S/C16H15N3/c1-2-19(13-7-4-3-5-8-13)16-11-10-14-15(18-16)9-6-12-17-14/h3-12H,2H2,1H3/i6D. The van der Waals surface area contributed by atoms with E-state index in [1.807, 2.05) is 30.3 Å². The van der Waals surface area contributed by atoms with Crippen molar-refractivity contribution in [2.75, 3.05) is 11.4 Å². The van der Waals surface area contributed by atoms with Crippen LogP contribution in [-0.2, 0) is 0 Å². The summed E-state index contributed by atoms with van der Waals surface area (Å²) in [5.74, 6) is 0.874. The maximum absolute atomic E-state index is 7.65. The Kier molecular flexibility index (Phi) is 2.80. The molecule has 0 saturated carbocycles. The fraction of sp³-hybridized carbons (Fsp3) is 0.125. The van der Waals surface area contributed by atoms with Crippen molar-refractivity contribution < 1.29 is 1.37 Å². The average Bonchev–Trinajstić information content (AvgIpc) is 2.49. The van der Waals surface area contributed by atoms with Crippen LogP contribution in [0.25, 0.3) is 11.0 Å². The lowest BCUT2D eigenvalue weighted by molar-refractivity contribution is 0.996. The Bertz CT molecular complexity index is 728. The zero-order valence-corrected chi connectivity index (χ0v) is 10.7. The maximum Gasteiger partial charge on any atom is 0.133 e. The zero-order valence-electron chi connectivity index (χ0n) is 11.7. The van der Waals surface area contributed by atoms with Crippen LogP contribution in [0, 0.1) is 0 Å². The third-order valence-electron chi connectivity index (χ3n) is 3.05. The summed E-state index contributed by atoms with van der Waals surface area (Å²) < 4.78 is 7.65. The van der Waals surface area contributed by atoms with E-state index in [1.54, 1.807) is 12.3 Å². The molecule has 2 heterocycles. The van der Waals surface area contributed by atoms with Crippen LogP contribution < -0.4 is 4.90 Å². The molecule has 0 bridgehead atoms. The number of hydrogen-bond acceptors (Lipinski definition) is 3. The van der Waals surface area contributed by atoms with Gasteiger partial charge >= 0.3 is 0 Å². The van der Waals surface area contributed by atoms with Crippen molar-refractivity contribution in [3.05, 3.63) is 60.8 Å². The summed E-state index contributed by atoms with van der Waals surface area (Å²) in [5, 5.41) is 0. The van der Waals surface area contributed by atoms with Gasteiger partial charge < -0.3 is 4.90 Å². The lowest BCUT2D eigenvalue weighted by atomic mass is 10.2. The molecule has 0 radical (unpaired) electrons. The van der Waals surface area contributed by atoms with Crippen molar-refractivity contribution in [2.24, 2.45) is 0 Å². The highest BCUT2D eigenvalue weighted by Crippen LogP contribution is 2.24. The van der Waals surface area contributed by atoms with Crippen molar-refractivity contribution in [1.82, 2.24) is 9.97 Å². The number of rotatable bonds is 3. The Balaban J connectivity index is 2.08. The number of nitrogens with zero attached hydrogens (tertiary/aromatic N) is 3. The van der Waals surface area contributed by atoms with Gasteiger partial charge in [0, 0.05) is 18.4 Å². The molecule has 0 saturated heterocycles. The van der Waals surface area contributed by atoms with Gasteiger partial charge in [-0.2, -0.15) is 0 Å². The van der Waals surface area contributed by atoms with Crippen LogP contribution >= 0.6 is 0 Å². The highest BCUT2D eigenvalue weighted by atomic mass is 15.2. The van der Waals surface area contributed by atoms with E-state index in [9.17, 15) is 0 Å². The number of pyridine rings is 2. The molecular formula is C16H15N3. The Morgan fingerprint density at radius 3 is 2.68 bits per heavy atom. The maximum atomic E-state index is 7.65. The second kappa shape index (κ2) is 5.06. The van der Waals surface area contributed by atoms with E-state index in [2.05, 4.69) is 33.9 Å². The van der Waals surface area contributed by atoms with E-state index in [4.69, 9.17) is 1.37 Å². The summed E-state index contributed by atoms with van der Waals surface area (Å²) in [7, 11) is 0. The molecule has 3 aromatic rings. The molecule has 0 spiro atoms. The summed E-state index contributed by atoms with van der Waals surface area (Å²) in [6.07, 6.45) is 1.54. The van der Waals surface area contributed by atoms with Crippen molar-refractivity contribution in [3.8, 4) is 0 Å². The third kappa shape index (κ3) is 2.27. The molecule has 0 aliphatic carbocycles. The normalized spacial score (nSPS) is 11.3. The first kappa shape index (κ1) is 10.5. The van der Waals surface area contributed by atoms with Crippen LogP contribution in [0.3, 0.4) is 0 Å². The number of para-hydroxylation sites is 1. The van der Waals surface area contributed by atoms with Crippen LogP contribution in [-0.4, -0.2) is 16.5 Å². The van der Waals surface area contributed by atoms with Crippen molar-refractivity contribution in [2.45, 2.75) is 6.92 Å². The van der Waals surface area contributed by atoms with Crippen molar-refractivity contribution in [3.63, 3.8) is 0 Å². The minimum atomic E-state index is 0.380. The van der Waals surface area contributed by atoms with Gasteiger partial charge in [0.1, 0.15) is 5.82 Å². The van der Waals surface area contributed by atoms with Gasteiger partial charge in [0.25, 0.3) is 0 Å². The Hall–Kier alpha value is -2.42. The molecule has 0 fully saturated rings. The molecule has 3 rings (SSSR count). The topological polar surface area (TPSA) is 29.0 Å². The number of benzene rings is 1. The van der Waals surface area contributed by atoms with E-state index in [0.29, 0.717) is 6.04 Å². The first-order valence-corrected chi connectivity index (χ1v) is 6.34. The lowest BCUT2D eigenvalue weighted by Gasteiger charge is -2.22. The van der Waals surface area contributed by atoms with Gasteiger partial charge in [-0.1, -0.05) is 18.2 Å². The minimum absolute atomic E-state index is 0.380. The first-order valence-electron chi connectivity index (χ1n) is 6.84. The minimum Gasteiger partial charge on any atom is -0.327 e. The summed E-state index contributed by atoms with van der Waals surface area (Å²) in [5.41, 5.74) is 2.68. The Morgan fingerprint density at radius 2 is 1.89 bits per heavy atom. The number of hydrogen-bond donors (Lipinski definition) is 0. The molecule has 3 heteroatoms. The number of anilines is 2. The van der Waals surface area contributed by atoms with Gasteiger partial charge in [-0.15, -0.1) is 0 Å². The SMILES string of the molecule is [2H]c1cnc2ccc(N(CC)c3ccccc3)nc2c1. The van der Waals surface area contributed by atoms with Gasteiger partial charge in [-0.25, -0.2) is 4.98 Å². The van der Waals surface area contributed by atoms with Crippen LogP contribution in [0.1, 0.15) is 8.29 Å². The molecule has 0 N–H and O–H groups in total. The highest BCUT2D eigenvalue weighted by molar-refractivity contribution is 5.77. The van der Waals surface area contributed by atoms with E-state index >= 15 is 0 Å². The predicted octanol–water partition coefficient (Wildman–Crippen LogP) is 3.79. The van der Waals surface area contributed by atoms with Crippen LogP contribution in [0.15, 0.2) is 60.8 Å². The van der Waals surface area contributed by atoms with E-state index in [0.717, 1.165) is 29.1 Å². The third-order valence-corrected chi connectivity index (χ3v) is 3.05. The fourth-order valence-corrected chi connectivity index (χ4v) is 2.13. The summed E-state index contributed by atoms with van der Waals surface area (Å²) in [4.78, 5) is 11.0.